The summed E-state index contributed by atoms with van der Waals surface area (Å²) in [6.07, 6.45) is 5.30. The average molecular weight is 249 g/mol. The first-order valence-corrected chi connectivity index (χ1v) is 6.09. The molecule has 0 bridgehead atoms. The van der Waals surface area contributed by atoms with Gasteiger partial charge in [-0.15, -0.1) is 0 Å². The molecule has 0 aromatic carbocycles. The highest BCUT2D eigenvalue weighted by molar-refractivity contribution is 9.09. The van der Waals surface area contributed by atoms with Gasteiger partial charge in [-0.1, -0.05) is 15.9 Å². The molecule has 0 aromatic heterocycles. The topological polar surface area (TPSA) is 18.5 Å². The summed E-state index contributed by atoms with van der Waals surface area (Å²) >= 11 is 3.57. The number of hydrogen-bond acceptors (Lipinski definition) is 2. The largest absolute Gasteiger partial charge is 0.381 e. The summed E-state index contributed by atoms with van der Waals surface area (Å²) in [6.45, 7) is 2.81. The van der Waals surface area contributed by atoms with Crippen molar-refractivity contribution in [3.63, 3.8) is 0 Å². The molecule has 1 saturated carbocycles. The van der Waals surface area contributed by atoms with Crippen LogP contribution >= 0.6 is 15.9 Å². The van der Waals surface area contributed by atoms with Crippen LogP contribution in [0.25, 0.3) is 0 Å². The van der Waals surface area contributed by atoms with Crippen LogP contribution < -0.4 is 0 Å². The Morgan fingerprint density at radius 2 is 1.92 bits per heavy atom. The van der Waals surface area contributed by atoms with Gasteiger partial charge in [-0.25, -0.2) is 0 Å². The van der Waals surface area contributed by atoms with Crippen molar-refractivity contribution in [2.45, 2.75) is 36.6 Å². The summed E-state index contributed by atoms with van der Waals surface area (Å²) in [6, 6.07) is 0. The van der Waals surface area contributed by atoms with E-state index in [9.17, 15) is 0 Å². The van der Waals surface area contributed by atoms with E-state index in [1.807, 2.05) is 0 Å². The highest BCUT2D eigenvalue weighted by Gasteiger charge is 2.28. The minimum atomic E-state index is 0.534. The van der Waals surface area contributed by atoms with E-state index in [4.69, 9.17) is 9.47 Å². The van der Waals surface area contributed by atoms with Crippen LogP contribution in [0.1, 0.15) is 25.7 Å². The quantitative estimate of drug-likeness (QED) is 0.715. The maximum atomic E-state index is 5.80. The summed E-state index contributed by atoms with van der Waals surface area (Å²) < 4.78 is 11.1. The molecule has 0 atom stereocenters. The highest BCUT2D eigenvalue weighted by atomic mass is 79.9. The van der Waals surface area contributed by atoms with Gasteiger partial charge >= 0.3 is 0 Å². The Hall–Kier alpha value is 0.400. The van der Waals surface area contributed by atoms with Crippen LogP contribution in [-0.2, 0) is 9.47 Å². The third-order valence-corrected chi connectivity index (χ3v) is 3.69. The molecule has 1 saturated heterocycles. The first-order chi connectivity index (χ1) is 6.34. The van der Waals surface area contributed by atoms with Gasteiger partial charge in [0.15, 0.2) is 0 Å². The molecule has 3 heteroatoms. The molecule has 2 rings (SSSR count). The molecule has 0 N–H and O–H groups in total. The van der Waals surface area contributed by atoms with Crippen LogP contribution in [0.4, 0.5) is 0 Å². The molecule has 13 heavy (non-hydrogen) atoms. The van der Waals surface area contributed by atoms with Gasteiger partial charge in [-0.05, 0) is 31.6 Å². The van der Waals surface area contributed by atoms with Gasteiger partial charge in [0.1, 0.15) is 0 Å². The third-order valence-electron chi connectivity index (χ3n) is 2.95. The van der Waals surface area contributed by atoms with Crippen molar-refractivity contribution < 1.29 is 9.47 Å². The molecule has 76 valence electrons. The van der Waals surface area contributed by atoms with E-state index in [1.165, 1.54) is 25.7 Å². The Kier molecular flexibility index (Phi) is 3.64. The molecule has 2 fully saturated rings. The van der Waals surface area contributed by atoms with Gasteiger partial charge in [0.05, 0.1) is 6.10 Å². The Balaban J connectivity index is 1.56. The highest BCUT2D eigenvalue weighted by Crippen LogP contribution is 2.30. The first-order valence-electron chi connectivity index (χ1n) is 5.18. The predicted octanol–water partition coefficient (Wildman–Crippen LogP) is 2.36. The minimum Gasteiger partial charge on any atom is -0.381 e. The van der Waals surface area contributed by atoms with Crippen molar-refractivity contribution >= 4 is 15.9 Å². The van der Waals surface area contributed by atoms with Crippen LogP contribution in [0.2, 0.25) is 0 Å². The van der Waals surface area contributed by atoms with Gasteiger partial charge in [-0.2, -0.15) is 0 Å². The SMILES string of the molecule is BrC1CC(OCC2CCOCC2)C1. The van der Waals surface area contributed by atoms with Gasteiger partial charge in [0, 0.05) is 24.6 Å². The molecule has 2 nitrogen and oxygen atoms in total. The molecule has 0 aromatic rings. The van der Waals surface area contributed by atoms with Crippen LogP contribution in [0.5, 0.6) is 0 Å². The molecule has 1 aliphatic heterocycles. The van der Waals surface area contributed by atoms with Gasteiger partial charge < -0.3 is 9.47 Å². The fourth-order valence-electron chi connectivity index (χ4n) is 1.82. The molecule has 0 radical (unpaired) electrons. The van der Waals surface area contributed by atoms with Crippen molar-refractivity contribution in [2.75, 3.05) is 19.8 Å². The lowest BCUT2D eigenvalue weighted by atomic mass is 9.95. The van der Waals surface area contributed by atoms with E-state index in [1.54, 1.807) is 0 Å². The Morgan fingerprint density at radius 3 is 2.54 bits per heavy atom. The van der Waals surface area contributed by atoms with E-state index in [2.05, 4.69) is 15.9 Å². The lowest BCUT2D eigenvalue weighted by molar-refractivity contribution is -0.0359. The Labute approximate surface area is 88.1 Å². The summed E-state index contributed by atoms with van der Waals surface area (Å²) in [5.41, 5.74) is 0. The molecular formula is C10H17BrO2. The Bertz CT molecular complexity index is 151. The van der Waals surface area contributed by atoms with Crippen molar-refractivity contribution in [1.29, 1.82) is 0 Å². The number of ether oxygens (including phenoxy) is 2. The van der Waals surface area contributed by atoms with E-state index in [-0.39, 0.29) is 0 Å². The smallest absolute Gasteiger partial charge is 0.0596 e. The number of rotatable bonds is 3. The minimum absolute atomic E-state index is 0.534. The van der Waals surface area contributed by atoms with E-state index in [0.29, 0.717) is 10.9 Å². The maximum absolute atomic E-state index is 5.80. The second-order valence-electron chi connectivity index (χ2n) is 4.08. The third kappa shape index (κ3) is 2.93. The molecule has 1 aliphatic carbocycles. The Morgan fingerprint density at radius 1 is 1.23 bits per heavy atom. The molecule has 0 spiro atoms. The molecule has 2 aliphatic rings. The predicted molar refractivity (Wildman–Crippen MR) is 55.2 cm³/mol. The van der Waals surface area contributed by atoms with E-state index < -0.39 is 0 Å². The summed E-state index contributed by atoms with van der Waals surface area (Å²) in [4.78, 5) is 0.715. The fourth-order valence-corrected chi connectivity index (χ4v) is 2.66. The average Bonchev–Trinajstić information content (AvgIpc) is 2.12. The zero-order chi connectivity index (χ0) is 9.10. The maximum Gasteiger partial charge on any atom is 0.0596 e. The first kappa shape index (κ1) is 9.94. The molecule has 1 heterocycles. The standard InChI is InChI=1S/C10H17BrO2/c11-9-5-10(6-9)13-7-8-1-3-12-4-2-8/h8-10H,1-7H2. The summed E-state index contributed by atoms with van der Waals surface area (Å²) in [7, 11) is 0. The van der Waals surface area contributed by atoms with Gasteiger partial charge in [0.2, 0.25) is 0 Å². The monoisotopic (exact) mass is 248 g/mol. The lowest BCUT2D eigenvalue weighted by Gasteiger charge is -2.33. The van der Waals surface area contributed by atoms with Crippen molar-refractivity contribution in [2.24, 2.45) is 5.92 Å². The molecule has 0 unspecified atom stereocenters. The van der Waals surface area contributed by atoms with E-state index >= 15 is 0 Å². The molecular weight excluding hydrogens is 232 g/mol. The van der Waals surface area contributed by atoms with Crippen LogP contribution in [0.3, 0.4) is 0 Å². The van der Waals surface area contributed by atoms with Crippen molar-refractivity contribution in [1.82, 2.24) is 0 Å². The fraction of sp³-hybridized carbons (Fsp3) is 1.00. The van der Waals surface area contributed by atoms with Crippen molar-refractivity contribution in [3.05, 3.63) is 0 Å². The number of hydrogen-bond donors (Lipinski definition) is 0. The van der Waals surface area contributed by atoms with Crippen LogP contribution in [0, 0.1) is 5.92 Å². The summed E-state index contributed by atoms with van der Waals surface area (Å²) in [5, 5.41) is 0. The normalized spacial score (nSPS) is 35.8. The summed E-state index contributed by atoms with van der Waals surface area (Å²) in [5.74, 6) is 0.753. The van der Waals surface area contributed by atoms with Gasteiger partial charge in [0.25, 0.3) is 0 Å². The number of alkyl halides is 1. The van der Waals surface area contributed by atoms with Crippen LogP contribution in [0.15, 0.2) is 0 Å². The van der Waals surface area contributed by atoms with Gasteiger partial charge in [-0.3, -0.25) is 0 Å². The second kappa shape index (κ2) is 4.76. The van der Waals surface area contributed by atoms with Crippen LogP contribution in [-0.4, -0.2) is 30.8 Å². The lowest BCUT2D eigenvalue weighted by Crippen LogP contribution is -2.33. The zero-order valence-electron chi connectivity index (χ0n) is 7.88. The second-order valence-corrected chi connectivity index (χ2v) is 5.37. The number of halogens is 1. The van der Waals surface area contributed by atoms with Crippen molar-refractivity contribution in [3.8, 4) is 0 Å². The molecule has 0 amide bonds. The zero-order valence-corrected chi connectivity index (χ0v) is 9.46. The van der Waals surface area contributed by atoms with E-state index in [0.717, 1.165) is 25.7 Å².